The summed E-state index contributed by atoms with van der Waals surface area (Å²) < 4.78 is 292. The van der Waals surface area contributed by atoms with Gasteiger partial charge in [0.05, 0.1) is 39.9 Å². The summed E-state index contributed by atoms with van der Waals surface area (Å²) in [5.41, 5.74) is -6.63. The number of halogens is 24. The van der Waals surface area contributed by atoms with E-state index < -0.39 is 123 Å². The van der Waals surface area contributed by atoms with Crippen LogP contribution in [-0.4, -0.2) is 49.4 Å². The summed E-state index contributed by atoms with van der Waals surface area (Å²) in [5, 5.41) is 0. The smallest absolute Gasteiger partial charge is 0.171 e. The van der Waals surface area contributed by atoms with Crippen LogP contribution in [0.25, 0.3) is 0 Å². The Balaban J connectivity index is -0.000000124. The highest BCUT2D eigenvalue weighted by Gasteiger charge is 2.56. The normalized spacial score (nSPS) is 16.5. The molecular formula is C84H164F24. The van der Waals surface area contributed by atoms with Crippen LogP contribution in [0.5, 0.6) is 0 Å². The predicted octanol–water partition coefficient (Wildman–Crippen LogP) is 36.0. The van der Waals surface area contributed by atoms with E-state index in [0.717, 1.165) is 17.8 Å². The van der Waals surface area contributed by atoms with E-state index in [4.69, 9.17) is 0 Å². The fraction of sp³-hybridized carbons (Fsp3) is 1.00. The van der Waals surface area contributed by atoms with Gasteiger partial charge in [0.1, 0.15) is 0 Å². The second-order valence-corrected chi connectivity index (χ2v) is 40.7. The van der Waals surface area contributed by atoms with E-state index in [9.17, 15) is 105 Å². The standard InChI is InChI=1S/C10H19F3.C10H22.C9H17F3.C9H20.4C8H15F3.2C7H13F3/c1-7(8(2,3)4)9(5,6)10(11,12)13;1-8(2)10(6,7)9(3,4)5;1-6(2)8(4,5)7(3)9(10,11)12;1-7(2)8(3)9(4,5)6;2*1-6(2,3)7(4,5)8(9,10)11;2*1-5(2)6(3)7(4)8(9,10)11;1-4-6(2,3)5-7(8,9)10;1-4-5(2)6(3)7(8,9)10/h7H,1-6H3;8H,1-7H3;6-7H,1-5H3;7-8H,1-6H3;2*1-5H3;2*5-7H,1-4H3;4-5H2,1-3H3;5-6H,4H2,1-3H3/t7-;;;8-;;;2*6-,7?;;5?,6-/m1..1..11.1/s1. The molecule has 0 rings (SSSR count). The molecule has 24 heteroatoms. The van der Waals surface area contributed by atoms with Crippen LogP contribution in [0.15, 0.2) is 0 Å². The molecular weight excluding hydrogens is 1460 g/mol. The maximum absolute atomic E-state index is 12.6. The Morgan fingerprint density at radius 1 is 0.250 bits per heavy atom. The molecule has 0 bridgehead atoms. The molecule has 0 fully saturated rings. The van der Waals surface area contributed by atoms with Gasteiger partial charge in [-0.25, -0.2) is 0 Å². The zero-order valence-corrected chi connectivity index (χ0v) is 76.8. The van der Waals surface area contributed by atoms with Crippen molar-refractivity contribution in [3.8, 4) is 0 Å². The molecule has 0 radical (unpaired) electrons. The Morgan fingerprint density at radius 3 is 0.556 bits per heavy atom. The maximum Gasteiger partial charge on any atom is 0.394 e. The molecule has 108 heavy (non-hydrogen) atoms. The van der Waals surface area contributed by atoms with Gasteiger partial charge < -0.3 is 0 Å². The fourth-order valence-electron chi connectivity index (χ4n) is 8.06. The first kappa shape index (κ1) is 127. The van der Waals surface area contributed by atoms with Gasteiger partial charge in [0.25, 0.3) is 0 Å². The quantitative estimate of drug-likeness (QED) is 0.161. The Labute approximate surface area is 646 Å². The SMILES string of the molecule is CC(C)(C)C(C)(C)C(F)(F)F.CC(C)(C)C(C)(C)C(F)(F)F.CC(C)C(C)(C)C(C)(C)C.CC(C)C(C)(C)C(C)C(F)(F)F.CC(C)[C@@H](C)C(C)(C)C.CC(C)[C@@H](C)C(C)C(F)(F)F.CC(C)[C@@H](C)C(C)C(F)(F)F.CCC(C)(C)CC(F)(F)F.CCC(C)[C@@H](C)C(F)(F)F.C[C@H](C(C)(C)C)C(C)(C)C(F)(F)F. The van der Waals surface area contributed by atoms with Crippen molar-refractivity contribution in [1.82, 2.24) is 0 Å². The molecule has 0 aromatic heterocycles. The van der Waals surface area contributed by atoms with Crippen LogP contribution in [0.2, 0.25) is 0 Å². The highest BCUT2D eigenvalue weighted by atomic mass is 19.4. The molecule has 0 saturated heterocycles. The van der Waals surface area contributed by atoms with Crippen molar-refractivity contribution < 1.29 is 105 Å². The molecule has 0 amide bonds. The van der Waals surface area contributed by atoms with Crippen molar-refractivity contribution >= 4 is 0 Å². The average Bonchev–Trinajstić information content (AvgIpc) is 0.800. The zero-order valence-electron chi connectivity index (χ0n) is 76.8. The van der Waals surface area contributed by atoms with Crippen LogP contribution < -0.4 is 0 Å². The highest BCUT2D eigenvalue weighted by molar-refractivity contribution is 4.91. The largest absolute Gasteiger partial charge is 0.394 e. The van der Waals surface area contributed by atoms with E-state index in [1.54, 1.807) is 111 Å². The van der Waals surface area contributed by atoms with Crippen LogP contribution in [0, 0.1) is 142 Å². The number of alkyl halides is 24. The Bertz CT molecular complexity index is 2150. The van der Waals surface area contributed by atoms with Gasteiger partial charge in [0.15, 0.2) is 0 Å². The first-order chi connectivity index (χ1) is 45.7. The van der Waals surface area contributed by atoms with Crippen molar-refractivity contribution in [3.05, 3.63) is 0 Å². The molecule has 668 valence electrons. The van der Waals surface area contributed by atoms with Gasteiger partial charge in [-0.2, -0.15) is 105 Å². The predicted molar refractivity (Wildman–Crippen MR) is 410 cm³/mol. The second-order valence-electron chi connectivity index (χ2n) is 40.7. The third kappa shape index (κ3) is 51.3. The molecule has 0 aliphatic rings. The van der Waals surface area contributed by atoms with Gasteiger partial charge in [-0.05, 0) is 102 Å². The lowest BCUT2D eigenvalue weighted by Gasteiger charge is -2.42. The summed E-state index contributed by atoms with van der Waals surface area (Å²) in [5.74, 6) is -3.46. The van der Waals surface area contributed by atoms with Crippen LogP contribution >= 0.6 is 0 Å². The molecule has 0 aromatic rings. The molecule has 9 atom stereocenters. The first-order valence-electron chi connectivity index (χ1n) is 38.3. The van der Waals surface area contributed by atoms with Gasteiger partial charge >= 0.3 is 49.4 Å². The molecule has 0 aliphatic carbocycles. The molecule has 0 aromatic carbocycles. The number of hydrogen-bond donors (Lipinski definition) is 0. The Kier molecular flexibility index (Phi) is 54.5. The van der Waals surface area contributed by atoms with E-state index >= 15 is 0 Å². The summed E-state index contributed by atoms with van der Waals surface area (Å²) in [6, 6.07) is 0. The van der Waals surface area contributed by atoms with E-state index in [-0.39, 0.29) is 40.9 Å². The van der Waals surface area contributed by atoms with E-state index in [2.05, 4.69) is 90.0 Å². The third-order valence-corrected chi connectivity index (χ3v) is 25.5. The van der Waals surface area contributed by atoms with Crippen molar-refractivity contribution in [2.45, 2.75) is 401 Å². The van der Waals surface area contributed by atoms with Crippen LogP contribution in [0.4, 0.5) is 105 Å². The first-order valence-corrected chi connectivity index (χ1v) is 38.3. The zero-order chi connectivity index (χ0) is 91.7. The molecule has 0 spiro atoms. The molecule has 0 N–H and O–H groups in total. The molecule has 0 aliphatic heterocycles. The lowest BCUT2D eigenvalue weighted by atomic mass is 9.63. The minimum Gasteiger partial charge on any atom is -0.171 e. The van der Waals surface area contributed by atoms with Gasteiger partial charge in [-0.15, -0.1) is 0 Å². The summed E-state index contributed by atoms with van der Waals surface area (Å²) in [6.45, 7) is 85.1. The summed E-state index contributed by atoms with van der Waals surface area (Å²) in [7, 11) is 0. The fourth-order valence-corrected chi connectivity index (χ4v) is 8.06. The van der Waals surface area contributed by atoms with Crippen LogP contribution in [0.1, 0.15) is 352 Å². The lowest BCUT2D eigenvalue weighted by molar-refractivity contribution is -0.244. The van der Waals surface area contributed by atoms with Crippen LogP contribution in [-0.2, 0) is 0 Å². The van der Waals surface area contributed by atoms with E-state index in [0.29, 0.717) is 29.1 Å². The van der Waals surface area contributed by atoms with Gasteiger partial charge in [0, 0.05) is 6.42 Å². The van der Waals surface area contributed by atoms with E-state index in [1.807, 2.05) is 62.3 Å². The van der Waals surface area contributed by atoms with Crippen molar-refractivity contribution in [2.75, 3.05) is 0 Å². The minimum atomic E-state index is -4.13. The summed E-state index contributed by atoms with van der Waals surface area (Å²) in [4.78, 5) is 0. The lowest BCUT2D eigenvalue weighted by Crippen LogP contribution is -2.43. The number of rotatable bonds is 13. The average molecular weight is 1630 g/mol. The van der Waals surface area contributed by atoms with Crippen molar-refractivity contribution in [2.24, 2.45) is 142 Å². The maximum atomic E-state index is 12.6. The van der Waals surface area contributed by atoms with Gasteiger partial charge in [-0.1, -0.05) is 345 Å². The molecule has 0 nitrogen and oxygen atoms in total. The Morgan fingerprint density at radius 2 is 0.509 bits per heavy atom. The van der Waals surface area contributed by atoms with Crippen molar-refractivity contribution in [1.29, 1.82) is 0 Å². The monoisotopic (exact) mass is 1630 g/mol. The highest BCUT2D eigenvalue weighted by Crippen LogP contribution is 2.53. The molecule has 0 saturated carbocycles. The number of hydrogen-bond acceptors (Lipinski definition) is 0. The van der Waals surface area contributed by atoms with E-state index in [1.165, 1.54) is 69.2 Å². The Hall–Kier alpha value is -1.68. The molecule has 4 unspecified atom stereocenters. The second kappa shape index (κ2) is 46.3. The summed E-state index contributed by atoms with van der Waals surface area (Å²) >= 11 is 0. The van der Waals surface area contributed by atoms with Gasteiger partial charge in [0.2, 0.25) is 0 Å². The topological polar surface area (TPSA) is 0 Å². The minimum absolute atomic E-state index is 0.0362. The third-order valence-electron chi connectivity index (χ3n) is 25.5. The molecule has 0 heterocycles. The van der Waals surface area contributed by atoms with Gasteiger partial charge in [-0.3, -0.25) is 0 Å². The van der Waals surface area contributed by atoms with Crippen molar-refractivity contribution in [3.63, 3.8) is 0 Å². The summed E-state index contributed by atoms with van der Waals surface area (Å²) in [6.07, 6.45) is -32.1. The van der Waals surface area contributed by atoms with Crippen LogP contribution in [0.3, 0.4) is 0 Å².